The van der Waals surface area contributed by atoms with Gasteiger partial charge in [-0.1, -0.05) is 32.6 Å². The normalized spacial score (nSPS) is 55.0. The van der Waals surface area contributed by atoms with E-state index in [0.717, 1.165) is 50.5 Å². The number of fused-ring (bicyclic) bond motifs is 10. The van der Waals surface area contributed by atoms with Gasteiger partial charge < -0.3 is 57.2 Å². The van der Waals surface area contributed by atoms with E-state index in [4.69, 9.17) is 52.1 Å². The first kappa shape index (κ1) is 41.0. The summed E-state index contributed by atoms with van der Waals surface area (Å²) < 4.78 is 74.5. The Bertz CT molecular complexity index is 1700. The summed E-state index contributed by atoms with van der Waals surface area (Å²) in [6, 6.07) is 0. The van der Waals surface area contributed by atoms with Gasteiger partial charge in [0.15, 0.2) is 0 Å². The molecule has 0 aromatic heterocycles. The van der Waals surface area contributed by atoms with Gasteiger partial charge in [0.2, 0.25) is 0 Å². The lowest BCUT2D eigenvalue weighted by Gasteiger charge is -2.55. The van der Waals surface area contributed by atoms with Crippen molar-refractivity contribution in [1.29, 1.82) is 0 Å². The Balaban J connectivity index is 0.737. The van der Waals surface area contributed by atoms with E-state index in [-0.39, 0.29) is 128 Å². The summed E-state index contributed by atoms with van der Waals surface area (Å²) in [5.74, 6) is 1.09. The number of rotatable bonds is 3. The first-order chi connectivity index (χ1) is 29.0. The Morgan fingerprint density at radius 1 is 0.700 bits per heavy atom. The van der Waals surface area contributed by atoms with Gasteiger partial charge in [-0.3, -0.25) is 4.79 Å². The fourth-order valence-corrected chi connectivity index (χ4v) is 13.0. The van der Waals surface area contributed by atoms with Crippen LogP contribution in [0.3, 0.4) is 0 Å². The van der Waals surface area contributed by atoms with Gasteiger partial charge in [-0.05, 0) is 57.1 Å². The van der Waals surface area contributed by atoms with Crippen molar-refractivity contribution < 1.29 is 62.0 Å². The van der Waals surface area contributed by atoms with E-state index < -0.39 is 17.8 Å². The van der Waals surface area contributed by atoms with Crippen molar-refractivity contribution in [3.05, 3.63) is 36.1 Å². The lowest BCUT2D eigenvalue weighted by atomic mass is 9.80. The monoisotopic (exact) mass is 838 g/mol. The van der Waals surface area contributed by atoms with E-state index in [1.807, 2.05) is 13.0 Å². The number of hydrogen-bond acceptors (Lipinski definition) is 13. The van der Waals surface area contributed by atoms with Crippen molar-refractivity contribution >= 4 is 5.78 Å². The second kappa shape index (κ2) is 16.0. The third-order valence-electron chi connectivity index (χ3n) is 16.1. The van der Waals surface area contributed by atoms with Crippen LogP contribution in [0.25, 0.3) is 0 Å². The molecule has 60 heavy (non-hydrogen) atoms. The molecule has 0 aromatic rings. The van der Waals surface area contributed by atoms with Crippen LogP contribution in [-0.4, -0.2) is 145 Å². The lowest BCUT2D eigenvalue weighted by Crippen LogP contribution is -2.64. The summed E-state index contributed by atoms with van der Waals surface area (Å²) in [5, 5.41) is 11.1. The Kier molecular flexibility index (Phi) is 11.0. The fourth-order valence-electron chi connectivity index (χ4n) is 13.0. The number of hydrogen-bond donors (Lipinski definition) is 1. The highest BCUT2D eigenvalue weighted by atomic mass is 16.6. The van der Waals surface area contributed by atoms with Crippen LogP contribution >= 0.6 is 0 Å². The highest BCUT2D eigenvalue weighted by Crippen LogP contribution is 2.48. The maximum absolute atomic E-state index is 12.2. The first-order valence-electron chi connectivity index (χ1n) is 23.4. The maximum Gasteiger partial charge on any atom is 0.135 e. The first-order valence-corrected chi connectivity index (χ1v) is 23.4. The largest absolute Gasteiger partial charge is 0.488 e. The third-order valence-corrected chi connectivity index (χ3v) is 16.1. The molecule has 0 aromatic carbocycles. The molecule has 0 aliphatic carbocycles. The van der Waals surface area contributed by atoms with Gasteiger partial charge in [-0.25, -0.2) is 0 Å². The van der Waals surface area contributed by atoms with Gasteiger partial charge >= 0.3 is 0 Å². The zero-order valence-corrected chi connectivity index (χ0v) is 35.7. The zero-order chi connectivity index (χ0) is 41.0. The molecule has 332 valence electrons. The number of Topliss-reactive ketones (excluding diaryl/α,β-unsaturated/α-hetero) is 1. The molecule has 0 spiro atoms. The van der Waals surface area contributed by atoms with Gasteiger partial charge in [-0.15, -0.1) is 0 Å². The summed E-state index contributed by atoms with van der Waals surface area (Å²) in [4.78, 5) is 12.2. The fraction of sp³-hybridized carbons (Fsp3) is 0.851. The van der Waals surface area contributed by atoms with E-state index in [2.05, 4.69) is 39.5 Å². The van der Waals surface area contributed by atoms with Crippen LogP contribution in [0.4, 0.5) is 0 Å². The summed E-state index contributed by atoms with van der Waals surface area (Å²) in [5.41, 5.74) is 0.611. The molecule has 9 saturated heterocycles. The van der Waals surface area contributed by atoms with Crippen LogP contribution in [0.5, 0.6) is 0 Å². The molecule has 11 aliphatic rings. The van der Waals surface area contributed by atoms with Crippen LogP contribution in [-0.2, 0) is 56.9 Å². The summed E-state index contributed by atoms with van der Waals surface area (Å²) in [6.07, 6.45) is 11.6. The number of aliphatic hydroxyl groups is 1. The summed E-state index contributed by atoms with van der Waals surface area (Å²) in [6.45, 7) is 12.5. The van der Waals surface area contributed by atoms with Crippen molar-refractivity contribution in [3.63, 3.8) is 0 Å². The number of ether oxygens (including phenoxy) is 11. The molecule has 0 radical (unpaired) electrons. The Labute approximate surface area is 354 Å². The van der Waals surface area contributed by atoms with Gasteiger partial charge in [-0.2, -0.15) is 0 Å². The van der Waals surface area contributed by atoms with Crippen molar-refractivity contribution in [1.82, 2.24) is 0 Å². The van der Waals surface area contributed by atoms with Crippen molar-refractivity contribution in [2.24, 2.45) is 5.92 Å². The summed E-state index contributed by atoms with van der Waals surface area (Å²) in [7, 11) is 0. The van der Waals surface area contributed by atoms with Crippen LogP contribution in [0.2, 0.25) is 0 Å². The standard InChI is InChI=1S/C47H66O13/c1-6-25(48)14-26-15-27(49)46-42(51-26)20-35-38(59-46)16-32-28(52-35)8-7-11-47(5)43(56-32)21-39-40(60-47)18-33-29(53-39)9-10-30-44(57-33)23(3)13-31-34(54-30)17-37-36(55-31)19-41-45(58-37)22(2)12-24(4)50-41/h7-8,12,23,26-46,49H,4,6,9-11,13-21H2,1-3,5H3/b8-7-/t23-,26?,27?,28?,29?,30?,31?,32?,33?,34?,35?,36?,37?,38?,39?,40?,41?,42?,43?,44?,45?,46?,47?/m1/s1. The minimum atomic E-state index is -0.688. The smallest absolute Gasteiger partial charge is 0.135 e. The molecule has 13 nitrogen and oxygen atoms in total. The Hall–Kier alpha value is -1.75. The van der Waals surface area contributed by atoms with Gasteiger partial charge in [0.05, 0.1) is 109 Å². The van der Waals surface area contributed by atoms with Crippen LogP contribution < -0.4 is 0 Å². The molecule has 9 fully saturated rings. The molecule has 11 heterocycles. The quantitative estimate of drug-likeness (QED) is 0.377. The predicted octanol–water partition coefficient (Wildman–Crippen LogP) is 5.12. The molecule has 13 heteroatoms. The molecule has 22 unspecified atom stereocenters. The van der Waals surface area contributed by atoms with Crippen LogP contribution in [0.15, 0.2) is 36.1 Å². The zero-order valence-electron chi connectivity index (χ0n) is 35.7. The predicted molar refractivity (Wildman–Crippen MR) is 214 cm³/mol. The number of ketones is 1. The van der Waals surface area contributed by atoms with Crippen LogP contribution in [0, 0.1) is 5.92 Å². The maximum atomic E-state index is 12.2. The van der Waals surface area contributed by atoms with Crippen molar-refractivity contribution in [2.75, 3.05) is 0 Å². The molecule has 11 aliphatic heterocycles. The molecular formula is C47H66O13. The van der Waals surface area contributed by atoms with Gasteiger partial charge in [0.1, 0.15) is 36.0 Å². The second-order valence-corrected chi connectivity index (χ2v) is 20.3. The molecule has 23 atom stereocenters. The topological polar surface area (TPSA) is 139 Å². The van der Waals surface area contributed by atoms with Crippen LogP contribution in [0.1, 0.15) is 111 Å². The number of aliphatic hydroxyl groups excluding tert-OH is 1. The number of carbonyl (C=O) groups is 1. The third kappa shape index (κ3) is 7.51. The second-order valence-electron chi connectivity index (χ2n) is 20.3. The highest BCUT2D eigenvalue weighted by molar-refractivity contribution is 5.78. The van der Waals surface area contributed by atoms with Crippen molar-refractivity contribution in [3.8, 4) is 0 Å². The van der Waals surface area contributed by atoms with Crippen molar-refractivity contribution in [2.45, 2.75) is 245 Å². The van der Waals surface area contributed by atoms with E-state index in [1.165, 1.54) is 0 Å². The Morgan fingerprint density at radius 3 is 2.18 bits per heavy atom. The van der Waals surface area contributed by atoms with E-state index in [9.17, 15) is 9.90 Å². The SMILES string of the molecule is C=C1C=C(C)C2OC3CC4OC5CCC6OC7CC8OC9CC%10OC%11C(O)CC(CC(=O)CC)OC%11CC%10OC9/C=C\CC8(C)OC7CC6OC5[C@H](C)CC4OC3CC2O1. The molecule has 11 rings (SSSR count). The van der Waals surface area contributed by atoms with E-state index >= 15 is 0 Å². The molecule has 1 N–H and O–H groups in total. The van der Waals surface area contributed by atoms with Gasteiger partial charge in [0.25, 0.3) is 0 Å². The summed E-state index contributed by atoms with van der Waals surface area (Å²) >= 11 is 0. The van der Waals surface area contributed by atoms with E-state index in [1.54, 1.807) is 0 Å². The van der Waals surface area contributed by atoms with Gasteiger partial charge in [0, 0.05) is 57.8 Å². The highest BCUT2D eigenvalue weighted by Gasteiger charge is 2.57. The minimum Gasteiger partial charge on any atom is -0.488 e. The average molecular weight is 839 g/mol. The number of allylic oxidation sites excluding steroid dienone is 1. The minimum absolute atomic E-state index is 0.0141. The Morgan fingerprint density at radius 2 is 1.33 bits per heavy atom. The van der Waals surface area contributed by atoms with E-state index in [0.29, 0.717) is 44.3 Å². The molecule has 0 bridgehead atoms. The lowest BCUT2D eigenvalue weighted by molar-refractivity contribution is -0.315. The molecular weight excluding hydrogens is 773 g/mol. The average Bonchev–Trinajstić information content (AvgIpc) is 3.45. The molecule has 0 saturated carbocycles. The number of carbonyl (C=O) groups excluding carboxylic acids is 1. The molecule has 0 amide bonds.